The SMILES string of the molecule is O=C(NC1CCCSC1)C1CCC2CCCCC2N1. The van der Waals surface area contributed by atoms with Gasteiger partial charge in [-0.15, -0.1) is 0 Å². The number of thioether (sulfide) groups is 1. The molecule has 4 heteroatoms. The molecule has 0 spiro atoms. The number of nitrogens with one attached hydrogen (secondary N) is 2. The van der Waals surface area contributed by atoms with Gasteiger partial charge in [-0.1, -0.05) is 12.8 Å². The van der Waals surface area contributed by atoms with E-state index in [1.54, 1.807) is 0 Å². The zero-order chi connectivity index (χ0) is 13.1. The average Bonchev–Trinajstić information content (AvgIpc) is 2.48. The largest absolute Gasteiger partial charge is 0.351 e. The summed E-state index contributed by atoms with van der Waals surface area (Å²) < 4.78 is 0. The molecular weight excluding hydrogens is 256 g/mol. The maximum Gasteiger partial charge on any atom is 0.237 e. The van der Waals surface area contributed by atoms with Gasteiger partial charge in [-0.25, -0.2) is 0 Å². The van der Waals surface area contributed by atoms with Gasteiger partial charge in [0, 0.05) is 17.8 Å². The highest BCUT2D eigenvalue weighted by atomic mass is 32.2. The van der Waals surface area contributed by atoms with Crippen molar-refractivity contribution in [1.82, 2.24) is 10.6 Å². The Morgan fingerprint density at radius 1 is 1.05 bits per heavy atom. The molecule has 2 heterocycles. The molecule has 1 aliphatic carbocycles. The van der Waals surface area contributed by atoms with E-state index in [1.807, 2.05) is 11.8 Å². The van der Waals surface area contributed by atoms with Crippen LogP contribution in [0.2, 0.25) is 0 Å². The van der Waals surface area contributed by atoms with Crippen molar-refractivity contribution in [3.05, 3.63) is 0 Å². The first-order valence-corrected chi connectivity index (χ1v) is 9.12. The van der Waals surface area contributed by atoms with Crippen LogP contribution in [0.4, 0.5) is 0 Å². The molecule has 2 N–H and O–H groups in total. The summed E-state index contributed by atoms with van der Waals surface area (Å²) in [5.74, 6) is 3.46. The number of piperidine rings is 1. The summed E-state index contributed by atoms with van der Waals surface area (Å²) in [7, 11) is 0. The van der Waals surface area contributed by atoms with Gasteiger partial charge < -0.3 is 10.6 Å². The third-order valence-corrected chi connectivity index (χ3v) is 6.19. The number of hydrogen-bond donors (Lipinski definition) is 2. The second-order valence-corrected chi connectivity index (χ2v) is 7.52. The van der Waals surface area contributed by atoms with Crippen LogP contribution < -0.4 is 10.6 Å². The number of hydrogen-bond acceptors (Lipinski definition) is 3. The fraction of sp³-hybridized carbons (Fsp3) is 0.933. The normalized spacial score (nSPS) is 39.4. The Hall–Kier alpha value is -0.220. The smallest absolute Gasteiger partial charge is 0.237 e. The molecule has 4 atom stereocenters. The highest BCUT2D eigenvalue weighted by Crippen LogP contribution is 2.32. The highest BCUT2D eigenvalue weighted by molar-refractivity contribution is 7.99. The summed E-state index contributed by atoms with van der Waals surface area (Å²) in [5.41, 5.74) is 0. The number of carbonyl (C=O) groups excluding carboxylic acids is 1. The maximum absolute atomic E-state index is 12.4. The number of amides is 1. The molecule has 2 saturated heterocycles. The van der Waals surface area contributed by atoms with Crippen molar-refractivity contribution in [2.45, 2.75) is 69.5 Å². The second kappa shape index (κ2) is 6.49. The first-order chi connectivity index (χ1) is 9.33. The Morgan fingerprint density at radius 2 is 1.95 bits per heavy atom. The molecule has 108 valence electrons. The van der Waals surface area contributed by atoms with Crippen molar-refractivity contribution >= 4 is 17.7 Å². The Bertz CT molecular complexity index is 317. The van der Waals surface area contributed by atoms with Gasteiger partial charge >= 0.3 is 0 Å². The third-order valence-electron chi connectivity index (χ3n) is 4.97. The third kappa shape index (κ3) is 3.46. The molecule has 19 heavy (non-hydrogen) atoms. The number of fused-ring (bicyclic) bond motifs is 1. The first kappa shape index (κ1) is 13.7. The molecule has 3 fully saturated rings. The fourth-order valence-electron chi connectivity index (χ4n) is 3.86. The van der Waals surface area contributed by atoms with E-state index in [4.69, 9.17) is 0 Å². The van der Waals surface area contributed by atoms with Gasteiger partial charge in [-0.3, -0.25) is 4.79 Å². The number of carbonyl (C=O) groups is 1. The summed E-state index contributed by atoms with van der Waals surface area (Å²) in [4.78, 5) is 12.4. The Morgan fingerprint density at radius 3 is 2.79 bits per heavy atom. The Balaban J connectivity index is 1.49. The molecule has 4 unspecified atom stereocenters. The topological polar surface area (TPSA) is 41.1 Å². The summed E-state index contributed by atoms with van der Waals surface area (Å²) in [5, 5.41) is 6.89. The van der Waals surface area contributed by atoms with Crippen LogP contribution >= 0.6 is 11.8 Å². The van der Waals surface area contributed by atoms with Gasteiger partial charge in [0.05, 0.1) is 6.04 Å². The molecule has 0 aromatic carbocycles. The summed E-state index contributed by atoms with van der Waals surface area (Å²) in [6, 6.07) is 1.10. The molecule has 3 aliphatic rings. The monoisotopic (exact) mass is 282 g/mol. The van der Waals surface area contributed by atoms with E-state index < -0.39 is 0 Å². The van der Waals surface area contributed by atoms with Crippen LogP contribution in [-0.2, 0) is 4.79 Å². The molecule has 1 amide bonds. The van der Waals surface area contributed by atoms with Crippen LogP contribution in [0.1, 0.15) is 51.4 Å². The second-order valence-electron chi connectivity index (χ2n) is 6.37. The van der Waals surface area contributed by atoms with Gasteiger partial charge in [0.2, 0.25) is 5.91 Å². The lowest BCUT2D eigenvalue weighted by Crippen LogP contribution is -2.56. The quantitative estimate of drug-likeness (QED) is 0.816. The minimum atomic E-state index is 0.0753. The number of rotatable bonds is 2. The summed E-state index contributed by atoms with van der Waals surface area (Å²) >= 11 is 1.97. The van der Waals surface area contributed by atoms with E-state index in [0.29, 0.717) is 12.1 Å². The van der Waals surface area contributed by atoms with Crippen molar-refractivity contribution in [2.75, 3.05) is 11.5 Å². The van der Waals surface area contributed by atoms with Crippen LogP contribution in [0.5, 0.6) is 0 Å². The van der Waals surface area contributed by atoms with Crippen molar-refractivity contribution in [1.29, 1.82) is 0 Å². The lowest BCUT2D eigenvalue weighted by atomic mass is 9.77. The van der Waals surface area contributed by atoms with Gasteiger partial charge in [0.25, 0.3) is 0 Å². The maximum atomic E-state index is 12.4. The highest BCUT2D eigenvalue weighted by Gasteiger charge is 2.34. The molecule has 0 bridgehead atoms. The van der Waals surface area contributed by atoms with E-state index in [2.05, 4.69) is 10.6 Å². The minimum absolute atomic E-state index is 0.0753. The lowest BCUT2D eigenvalue weighted by Gasteiger charge is -2.40. The van der Waals surface area contributed by atoms with E-state index in [-0.39, 0.29) is 11.9 Å². The predicted octanol–water partition coefficient (Wildman–Crippen LogP) is 2.31. The molecule has 0 radical (unpaired) electrons. The van der Waals surface area contributed by atoms with Crippen molar-refractivity contribution in [3.8, 4) is 0 Å². The molecule has 1 saturated carbocycles. The zero-order valence-electron chi connectivity index (χ0n) is 11.7. The molecule has 0 aromatic heterocycles. The van der Waals surface area contributed by atoms with Crippen molar-refractivity contribution in [2.24, 2.45) is 5.92 Å². The van der Waals surface area contributed by atoms with Crippen LogP contribution in [0.3, 0.4) is 0 Å². The Labute approximate surface area is 120 Å². The Kier molecular flexibility index (Phi) is 4.69. The van der Waals surface area contributed by atoms with E-state index >= 15 is 0 Å². The fourth-order valence-corrected chi connectivity index (χ4v) is 4.93. The van der Waals surface area contributed by atoms with Gasteiger partial charge in [0.1, 0.15) is 0 Å². The van der Waals surface area contributed by atoms with Crippen molar-refractivity contribution < 1.29 is 4.79 Å². The first-order valence-electron chi connectivity index (χ1n) is 7.97. The van der Waals surface area contributed by atoms with E-state index in [0.717, 1.165) is 24.5 Å². The van der Waals surface area contributed by atoms with Crippen LogP contribution in [0, 0.1) is 5.92 Å². The molecule has 3 rings (SSSR count). The predicted molar refractivity (Wildman–Crippen MR) is 80.4 cm³/mol. The van der Waals surface area contributed by atoms with E-state index in [1.165, 1.54) is 44.3 Å². The molecule has 2 aliphatic heterocycles. The van der Waals surface area contributed by atoms with Gasteiger partial charge in [0.15, 0.2) is 0 Å². The van der Waals surface area contributed by atoms with Crippen LogP contribution in [0.25, 0.3) is 0 Å². The van der Waals surface area contributed by atoms with E-state index in [9.17, 15) is 4.79 Å². The summed E-state index contributed by atoms with van der Waals surface area (Å²) in [6.45, 7) is 0. The minimum Gasteiger partial charge on any atom is -0.351 e. The van der Waals surface area contributed by atoms with Gasteiger partial charge in [-0.05, 0) is 50.2 Å². The molecular formula is C15H26N2OS. The zero-order valence-corrected chi connectivity index (χ0v) is 12.5. The van der Waals surface area contributed by atoms with Crippen LogP contribution in [0.15, 0.2) is 0 Å². The standard InChI is InChI=1S/C15H26N2OS/c18-15(16-12-5-3-9-19-10-12)14-8-7-11-4-1-2-6-13(11)17-14/h11-14,17H,1-10H2,(H,16,18). The molecule has 3 nitrogen and oxygen atoms in total. The van der Waals surface area contributed by atoms with Crippen LogP contribution in [-0.4, -0.2) is 35.5 Å². The molecule has 0 aromatic rings. The van der Waals surface area contributed by atoms with Gasteiger partial charge in [-0.2, -0.15) is 11.8 Å². The van der Waals surface area contributed by atoms with Crippen molar-refractivity contribution in [3.63, 3.8) is 0 Å². The summed E-state index contributed by atoms with van der Waals surface area (Å²) in [6.07, 6.45) is 10.1. The average molecular weight is 282 g/mol. The lowest BCUT2D eigenvalue weighted by molar-refractivity contribution is -0.125.